The molecule has 4 aromatic rings. The fraction of sp³-hybridized carbons (Fsp3) is 0.147. The van der Waals surface area contributed by atoms with E-state index in [-0.39, 0.29) is 11.6 Å². The Morgan fingerprint density at radius 2 is 1.44 bits per heavy atom. The van der Waals surface area contributed by atoms with Gasteiger partial charge in [-0.25, -0.2) is 4.39 Å². The average molecular weight is 630 g/mol. The first-order chi connectivity index (χ1) is 21.7. The molecule has 0 aliphatic carbocycles. The van der Waals surface area contributed by atoms with Gasteiger partial charge in [0.25, 0.3) is 11.8 Å². The van der Waals surface area contributed by atoms with Crippen LogP contribution in [0.1, 0.15) is 22.8 Å². The normalized spacial score (nSPS) is 11.6. The highest BCUT2D eigenvalue weighted by molar-refractivity contribution is 8.00. The van der Waals surface area contributed by atoms with Gasteiger partial charge in [0.2, 0.25) is 11.7 Å². The largest absolute Gasteiger partial charge is 0.493 e. The van der Waals surface area contributed by atoms with E-state index in [1.54, 1.807) is 67.6 Å². The topological polar surface area (TPSA) is 115 Å². The molecule has 9 nitrogen and oxygen atoms in total. The molecule has 4 rings (SSSR count). The molecule has 4 aromatic carbocycles. The van der Waals surface area contributed by atoms with Crippen LogP contribution in [-0.4, -0.2) is 44.3 Å². The first kappa shape index (κ1) is 32.6. The van der Waals surface area contributed by atoms with Crippen LogP contribution in [0.5, 0.6) is 17.2 Å². The van der Waals surface area contributed by atoms with E-state index in [1.165, 1.54) is 63.4 Å². The van der Waals surface area contributed by atoms with Gasteiger partial charge in [0.1, 0.15) is 11.5 Å². The highest BCUT2D eigenvalue weighted by Gasteiger charge is 2.19. The van der Waals surface area contributed by atoms with E-state index in [0.717, 1.165) is 4.90 Å². The van der Waals surface area contributed by atoms with Crippen LogP contribution in [-0.2, 0) is 9.59 Å². The molecular formula is C34H32FN3O6S. The van der Waals surface area contributed by atoms with Gasteiger partial charge in [0.05, 0.1) is 26.6 Å². The van der Waals surface area contributed by atoms with Crippen molar-refractivity contribution in [1.82, 2.24) is 5.32 Å². The number of thioether (sulfide) groups is 1. The summed E-state index contributed by atoms with van der Waals surface area (Å²) in [5.74, 6) is -0.590. The summed E-state index contributed by atoms with van der Waals surface area (Å²) in [6.45, 7) is 1.74. The SMILES string of the molecule is COc1cc(/C=C(/NC(=O)c2ccccc2)C(=O)Nc2cccc(SC(C)C(=O)Nc3ccc(F)cc3)c2)cc(OC)c1OC. The number of hydrogen-bond donors (Lipinski definition) is 3. The summed E-state index contributed by atoms with van der Waals surface area (Å²) in [6.07, 6.45) is 1.50. The number of rotatable bonds is 12. The van der Waals surface area contributed by atoms with E-state index < -0.39 is 22.9 Å². The molecule has 232 valence electrons. The Morgan fingerprint density at radius 1 is 0.778 bits per heavy atom. The van der Waals surface area contributed by atoms with Crippen LogP contribution in [0, 0.1) is 5.82 Å². The zero-order chi connectivity index (χ0) is 32.3. The number of carbonyl (C=O) groups excluding carboxylic acids is 3. The second-order valence-corrected chi connectivity index (χ2v) is 11.0. The second-order valence-electron chi connectivity index (χ2n) is 9.58. The van der Waals surface area contributed by atoms with Gasteiger partial charge in [-0.3, -0.25) is 14.4 Å². The molecule has 3 amide bonds. The maximum Gasteiger partial charge on any atom is 0.272 e. The molecule has 0 saturated heterocycles. The van der Waals surface area contributed by atoms with Gasteiger partial charge in [0.15, 0.2) is 11.5 Å². The fourth-order valence-electron chi connectivity index (χ4n) is 4.17. The van der Waals surface area contributed by atoms with Crippen molar-refractivity contribution in [3.05, 3.63) is 114 Å². The minimum absolute atomic E-state index is 0.0387. The first-order valence-electron chi connectivity index (χ1n) is 13.7. The molecule has 0 aromatic heterocycles. The molecule has 1 unspecified atom stereocenters. The van der Waals surface area contributed by atoms with E-state index in [2.05, 4.69) is 16.0 Å². The molecule has 3 N–H and O–H groups in total. The van der Waals surface area contributed by atoms with Crippen molar-refractivity contribution in [1.29, 1.82) is 0 Å². The predicted molar refractivity (Wildman–Crippen MR) is 173 cm³/mol. The van der Waals surface area contributed by atoms with Gasteiger partial charge in [0, 0.05) is 21.8 Å². The van der Waals surface area contributed by atoms with Crippen LogP contribution in [0.2, 0.25) is 0 Å². The molecule has 0 fully saturated rings. The van der Waals surface area contributed by atoms with E-state index >= 15 is 0 Å². The van der Waals surface area contributed by atoms with Gasteiger partial charge in [-0.05, 0) is 85.3 Å². The molecule has 0 bridgehead atoms. The number of methoxy groups -OCH3 is 3. The predicted octanol–water partition coefficient (Wildman–Crippen LogP) is 6.38. The van der Waals surface area contributed by atoms with Crippen LogP contribution >= 0.6 is 11.8 Å². The Kier molecular flexibility index (Phi) is 11.2. The lowest BCUT2D eigenvalue weighted by molar-refractivity contribution is -0.115. The Morgan fingerprint density at radius 3 is 2.07 bits per heavy atom. The van der Waals surface area contributed by atoms with Crippen LogP contribution in [0.4, 0.5) is 15.8 Å². The molecule has 45 heavy (non-hydrogen) atoms. The Balaban J connectivity index is 1.56. The molecule has 11 heteroatoms. The van der Waals surface area contributed by atoms with E-state index in [4.69, 9.17) is 14.2 Å². The summed E-state index contributed by atoms with van der Waals surface area (Å²) in [7, 11) is 4.45. The summed E-state index contributed by atoms with van der Waals surface area (Å²) >= 11 is 1.28. The number of carbonyl (C=O) groups is 3. The highest BCUT2D eigenvalue weighted by atomic mass is 32.2. The molecule has 0 aliphatic rings. The van der Waals surface area contributed by atoms with Crippen molar-refractivity contribution in [2.45, 2.75) is 17.1 Å². The summed E-state index contributed by atoms with van der Waals surface area (Å²) < 4.78 is 29.5. The quantitative estimate of drug-likeness (QED) is 0.123. The number of anilines is 2. The van der Waals surface area contributed by atoms with Crippen LogP contribution in [0.3, 0.4) is 0 Å². The molecule has 0 spiro atoms. The summed E-state index contributed by atoms with van der Waals surface area (Å²) in [4.78, 5) is 40.1. The maximum absolute atomic E-state index is 13.6. The number of hydrogen-bond acceptors (Lipinski definition) is 7. The lowest BCUT2D eigenvalue weighted by Crippen LogP contribution is -2.30. The van der Waals surface area contributed by atoms with Crippen LogP contribution in [0.15, 0.2) is 102 Å². The van der Waals surface area contributed by atoms with E-state index in [0.29, 0.717) is 39.8 Å². The van der Waals surface area contributed by atoms with Crippen LogP contribution < -0.4 is 30.2 Å². The van der Waals surface area contributed by atoms with Crippen molar-refractivity contribution in [3.8, 4) is 17.2 Å². The Bertz CT molecular complexity index is 1670. The van der Waals surface area contributed by atoms with E-state index in [9.17, 15) is 18.8 Å². The summed E-state index contributed by atoms with van der Waals surface area (Å²) in [5.41, 5.74) is 1.77. The third kappa shape index (κ3) is 8.87. The maximum atomic E-state index is 13.6. The van der Waals surface area contributed by atoms with Crippen LogP contribution in [0.25, 0.3) is 6.08 Å². The van der Waals surface area contributed by atoms with E-state index in [1.807, 2.05) is 6.07 Å². The Hall–Kier alpha value is -5.29. The van der Waals surface area contributed by atoms with Crippen molar-refractivity contribution >= 4 is 46.9 Å². The molecule has 0 saturated carbocycles. The standard InChI is InChI=1S/C34H32FN3O6S/c1-21(32(39)36-25-15-13-24(35)14-16-25)45-27-12-8-11-26(20-27)37-34(41)28(38-33(40)23-9-6-5-7-10-23)17-22-18-29(42-2)31(44-4)30(19-22)43-3/h5-21H,1-4H3,(H,36,39)(H,37,41)(H,38,40)/b28-17+. The lowest BCUT2D eigenvalue weighted by Gasteiger charge is -2.15. The zero-order valence-electron chi connectivity index (χ0n) is 25.1. The molecule has 0 aliphatic heterocycles. The lowest BCUT2D eigenvalue weighted by atomic mass is 10.1. The fourth-order valence-corrected chi connectivity index (χ4v) is 5.10. The molecule has 0 radical (unpaired) electrons. The monoisotopic (exact) mass is 629 g/mol. The number of nitrogens with one attached hydrogen (secondary N) is 3. The molecule has 0 heterocycles. The minimum atomic E-state index is -0.586. The van der Waals surface area contributed by atoms with Gasteiger partial charge in [-0.1, -0.05) is 24.3 Å². The minimum Gasteiger partial charge on any atom is -0.493 e. The smallest absolute Gasteiger partial charge is 0.272 e. The zero-order valence-corrected chi connectivity index (χ0v) is 25.9. The summed E-state index contributed by atoms with van der Waals surface area (Å²) in [5, 5.41) is 7.80. The number of amides is 3. The number of halogens is 1. The Labute approximate surface area is 264 Å². The first-order valence-corrected chi connectivity index (χ1v) is 14.6. The van der Waals surface area contributed by atoms with Gasteiger partial charge < -0.3 is 30.2 Å². The van der Waals surface area contributed by atoms with Gasteiger partial charge in [-0.2, -0.15) is 0 Å². The third-order valence-electron chi connectivity index (χ3n) is 6.41. The third-order valence-corrected chi connectivity index (χ3v) is 7.51. The number of benzene rings is 4. The highest BCUT2D eigenvalue weighted by Crippen LogP contribution is 2.38. The second kappa shape index (κ2) is 15.4. The number of ether oxygens (including phenoxy) is 3. The van der Waals surface area contributed by atoms with Crippen molar-refractivity contribution in [2.75, 3.05) is 32.0 Å². The summed E-state index contributed by atoms with van der Waals surface area (Å²) in [6, 6.07) is 24.3. The average Bonchev–Trinajstić information content (AvgIpc) is 3.05. The van der Waals surface area contributed by atoms with Crippen molar-refractivity contribution < 1.29 is 33.0 Å². The van der Waals surface area contributed by atoms with Gasteiger partial charge >= 0.3 is 0 Å². The molecule has 1 atom stereocenters. The van der Waals surface area contributed by atoms with Crippen molar-refractivity contribution in [2.24, 2.45) is 0 Å². The van der Waals surface area contributed by atoms with Crippen molar-refractivity contribution in [3.63, 3.8) is 0 Å². The molecular weight excluding hydrogens is 597 g/mol. The van der Waals surface area contributed by atoms with Gasteiger partial charge in [-0.15, -0.1) is 11.8 Å².